The molecule has 6 nitrogen and oxygen atoms in total. The second-order valence-corrected chi connectivity index (χ2v) is 5.59. The van der Waals surface area contributed by atoms with Crippen LogP contribution in [0.4, 0.5) is 18.9 Å². The first kappa shape index (κ1) is 16.2. The molecule has 0 spiro atoms. The molecule has 2 aromatic heterocycles. The number of hydrogen-bond acceptors (Lipinski definition) is 5. The molecule has 24 heavy (non-hydrogen) atoms. The number of benzene rings is 1. The molecule has 0 saturated heterocycles. The molecule has 0 fully saturated rings. The van der Waals surface area contributed by atoms with Gasteiger partial charge in [-0.3, -0.25) is 9.20 Å². The Kier molecular flexibility index (Phi) is 4.38. The van der Waals surface area contributed by atoms with E-state index in [2.05, 4.69) is 20.5 Å². The standard InChI is InChI=1S/C14H10F3N5OS/c15-14(16,17)9-4-1-2-5-10(9)19-11(23)8-24-13-21-20-12-18-6-3-7-22(12)13/h1-7H,8H2,(H,19,23). The fourth-order valence-electron chi connectivity index (χ4n) is 1.98. The summed E-state index contributed by atoms with van der Waals surface area (Å²) >= 11 is 1.05. The summed E-state index contributed by atoms with van der Waals surface area (Å²) in [7, 11) is 0. The Morgan fingerprint density at radius 2 is 2.00 bits per heavy atom. The molecule has 2 heterocycles. The zero-order valence-electron chi connectivity index (χ0n) is 12.0. The summed E-state index contributed by atoms with van der Waals surface area (Å²) in [6, 6.07) is 6.50. The summed E-state index contributed by atoms with van der Waals surface area (Å²) in [6.45, 7) is 0. The van der Waals surface area contributed by atoms with E-state index in [9.17, 15) is 18.0 Å². The second kappa shape index (κ2) is 6.48. The molecule has 0 atom stereocenters. The predicted molar refractivity (Wildman–Crippen MR) is 81.6 cm³/mol. The maximum absolute atomic E-state index is 12.9. The van der Waals surface area contributed by atoms with Gasteiger partial charge in [0.15, 0.2) is 5.16 Å². The third kappa shape index (κ3) is 3.48. The molecule has 0 unspecified atom stereocenters. The van der Waals surface area contributed by atoms with Gasteiger partial charge in [0.25, 0.3) is 5.78 Å². The number of fused-ring (bicyclic) bond motifs is 1. The van der Waals surface area contributed by atoms with Crippen LogP contribution in [-0.4, -0.2) is 31.2 Å². The number of carbonyl (C=O) groups excluding carboxylic acids is 1. The minimum Gasteiger partial charge on any atom is -0.325 e. The third-order valence-electron chi connectivity index (χ3n) is 3.00. The van der Waals surface area contributed by atoms with E-state index in [1.165, 1.54) is 18.2 Å². The van der Waals surface area contributed by atoms with Gasteiger partial charge in [-0.1, -0.05) is 23.9 Å². The Labute approximate surface area is 138 Å². The van der Waals surface area contributed by atoms with Crippen molar-refractivity contribution < 1.29 is 18.0 Å². The maximum atomic E-state index is 12.9. The van der Waals surface area contributed by atoms with Crippen LogP contribution in [0.2, 0.25) is 0 Å². The first-order valence-electron chi connectivity index (χ1n) is 6.70. The van der Waals surface area contributed by atoms with Crippen LogP contribution in [-0.2, 0) is 11.0 Å². The van der Waals surface area contributed by atoms with Crippen molar-refractivity contribution >= 4 is 29.1 Å². The lowest BCUT2D eigenvalue weighted by Gasteiger charge is -2.13. The van der Waals surface area contributed by atoms with Gasteiger partial charge in [-0.25, -0.2) is 4.98 Å². The number of aromatic nitrogens is 4. The second-order valence-electron chi connectivity index (χ2n) is 4.65. The quantitative estimate of drug-likeness (QED) is 0.730. The summed E-state index contributed by atoms with van der Waals surface area (Å²) in [5.74, 6) is -0.304. The minimum absolute atomic E-state index is 0.109. The number of para-hydroxylation sites is 1. The van der Waals surface area contributed by atoms with E-state index in [0.29, 0.717) is 10.9 Å². The number of carbonyl (C=O) groups is 1. The average Bonchev–Trinajstić information content (AvgIpc) is 2.96. The minimum atomic E-state index is -4.54. The van der Waals surface area contributed by atoms with Crippen molar-refractivity contribution in [1.82, 2.24) is 19.6 Å². The fourth-order valence-corrected chi connectivity index (χ4v) is 2.69. The molecule has 1 aromatic carbocycles. The normalized spacial score (nSPS) is 11.6. The van der Waals surface area contributed by atoms with Crippen LogP contribution in [0.3, 0.4) is 0 Å². The zero-order valence-corrected chi connectivity index (χ0v) is 12.8. The lowest BCUT2D eigenvalue weighted by Crippen LogP contribution is -2.18. The van der Waals surface area contributed by atoms with Crippen LogP contribution in [0, 0.1) is 0 Å². The molecule has 124 valence electrons. The number of halogens is 3. The number of alkyl halides is 3. The monoisotopic (exact) mass is 353 g/mol. The van der Waals surface area contributed by atoms with Crippen molar-refractivity contribution in [3.8, 4) is 0 Å². The topological polar surface area (TPSA) is 72.2 Å². The highest BCUT2D eigenvalue weighted by molar-refractivity contribution is 7.99. The van der Waals surface area contributed by atoms with E-state index >= 15 is 0 Å². The summed E-state index contributed by atoms with van der Waals surface area (Å²) in [5, 5.41) is 10.4. The van der Waals surface area contributed by atoms with Gasteiger partial charge >= 0.3 is 6.18 Å². The molecule has 0 aliphatic carbocycles. The van der Waals surface area contributed by atoms with Gasteiger partial charge in [0.1, 0.15) is 0 Å². The van der Waals surface area contributed by atoms with Crippen LogP contribution >= 0.6 is 11.8 Å². The molecule has 10 heteroatoms. The predicted octanol–water partition coefficient (Wildman–Crippen LogP) is 2.87. The molecule has 1 amide bonds. The molecule has 0 aliphatic rings. The van der Waals surface area contributed by atoms with E-state index in [1.807, 2.05) is 0 Å². The SMILES string of the molecule is O=C(CSc1nnc2ncccn12)Nc1ccccc1C(F)(F)F. The van der Waals surface area contributed by atoms with Crippen molar-refractivity contribution in [2.75, 3.05) is 11.1 Å². The maximum Gasteiger partial charge on any atom is 0.418 e. The van der Waals surface area contributed by atoms with Crippen molar-refractivity contribution in [1.29, 1.82) is 0 Å². The highest BCUT2D eigenvalue weighted by Crippen LogP contribution is 2.34. The summed E-state index contributed by atoms with van der Waals surface area (Å²) in [5.41, 5.74) is -1.16. The van der Waals surface area contributed by atoms with Crippen molar-refractivity contribution in [2.24, 2.45) is 0 Å². The zero-order chi connectivity index (χ0) is 17.2. The molecule has 1 N–H and O–H groups in total. The number of nitrogens with zero attached hydrogens (tertiary/aromatic N) is 4. The third-order valence-corrected chi connectivity index (χ3v) is 3.94. The fraction of sp³-hybridized carbons (Fsp3) is 0.143. The molecule has 3 aromatic rings. The van der Waals surface area contributed by atoms with E-state index < -0.39 is 17.6 Å². The summed E-state index contributed by atoms with van der Waals surface area (Å²) in [4.78, 5) is 15.9. The number of nitrogens with one attached hydrogen (secondary N) is 1. The highest BCUT2D eigenvalue weighted by Gasteiger charge is 2.33. The van der Waals surface area contributed by atoms with Gasteiger partial charge in [-0.2, -0.15) is 13.2 Å². The van der Waals surface area contributed by atoms with Gasteiger partial charge in [0.05, 0.1) is 17.0 Å². The molecule has 0 saturated carbocycles. The lowest BCUT2D eigenvalue weighted by atomic mass is 10.1. The Morgan fingerprint density at radius 1 is 1.21 bits per heavy atom. The van der Waals surface area contributed by atoms with Crippen molar-refractivity contribution in [2.45, 2.75) is 11.3 Å². The number of anilines is 1. The van der Waals surface area contributed by atoms with Gasteiger partial charge in [0.2, 0.25) is 5.91 Å². The number of thioether (sulfide) groups is 1. The molecule has 0 radical (unpaired) electrons. The van der Waals surface area contributed by atoms with Crippen LogP contribution in [0.5, 0.6) is 0 Å². The first-order chi connectivity index (χ1) is 11.4. The average molecular weight is 353 g/mol. The summed E-state index contributed by atoms with van der Waals surface area (Å²) in [6.07, 6.45) is -1.30. The number of hydrogen-bond donors (Lipinski definition) is 1. The van der Waals surface area contributed by atoms with Crippen LogP contribution < -0.4 is 5.32 Å². The van der Waals surface area contributed by atoms with Gasteiger partial charge < -0.3 is 5.32 Å². The highest BCUT2D eigenvalue weighted by atomic mass is 32.2. The summed E-state index contributed by atoms with van der Waals surface area (Å²) < 4.78 is 40.3. The number of rotatable bonds is 4. The first-order valence-corrected chi connectivity index (χ1v) is 7.68. The van der Waals surface area contributed by atoms with Crippen molar-refractivity contribution in [3.05, 3.63) is 48.3 Å². The smallest absolute Gasteiger partial charge is 0.325 e. The van der Waals surface area contributed by atoms with E-state index in [1.54, 1.807) is 22.9 Å². The van der Waals surface area contributed by atoms with E-state index in [4.69, 9.17) is 0 Å². The molecular weight excluding hydrogens is 343 g/mol. The van der Waals surface area contributed by atoms with Crippen molar-refractivity contribution in [3.63, 3.8) is 0 Å². The van der Waals surface area contributed by atoms with Crippen LogP contribution in [0.25, 0.3) is 5.78 Å². The van der Waals surface area contributed by atoms with Gasteiger partial charge in [-0.15, -0.1) is 10.2 Å². The van der Waals surface area contributed by atoms with Gasteiger partial charge in [-0.05, 0) is 18.2 Å². The van der Waals surface area contributed by atoms with E-state index in [0.717, 1.165) is 17.8 Å². The Hall–Kier alpha value is -2.62. The van der Waals surface area contributed by atoms with Gasteiger partial charge in [0, 0.05) is 12.4 Å². The van der Waals surface area contributed by atoms with E-state index in [-0.39, 0.29) is 11.4 Å². The number of amides is 1. The Morgan fingerprint density at radius 3 is 2.79 bits per heavy atom. The molecule has 0 bridgehead atoms. The van der Waals surface area contributed by atoms with Crippen LogP contribution in [0.15, 0.2) is 47.9 Å². The molecule has 0 aliphatic heterocycles. The molecule has 3 rings (SSSR count). The Balaban J connectivity index is 1.69. The lowest BCUT2D eigenvalue weighted by molar-refractivity contribution is -0.137. The Bertz CT molecular complexity index is 880. The van der Waals surface area contributed by atoms with Crippen LogP contribution in [0.1, 0.15) is 5.56 Å². The molecular formula is C14H10F3N5OS. The largest absolute Gasteiger partial charge is 0.418 e.